The third kappa shape index (κ3) is 9.02. The molecule has 2 bridgehead atoms. The molecule has 2 N–H and O–H groups in total. The molecule has 0 amide bonds. The van der Waals surface area contributed by atoms with E-state index in [1.54, 1.807) is 22.7 Å². The number of nitrogens with zero attached hydrogens (tertiary/aromatic N) is 2. The molecule has 5 atom stereocenters. The number of aliphatic hydroxyl groups is 2. The number of fused-ring (bicyclic) bond motifs is 2. The monoisotopic (exact) mass is 732 g/mol. The van der Waals surface area contributed by atoms with Gasteiger partial charge < -0.3 is 28.9 Å². The van der Waals surface area contributed by atoms with Crippen molar-refractivity contribution in [2.45, 2.75) is 93.5 Å². The van der Waals surface area contributed by atoms with Gasteiger partial charge in [-0.1, -0.05) is 42.5 Å². The van der Waals surface area contributed by atoms with Gasteiger partial charge in [-0.2, -0.15) is 0 Å². The molecule has 1 saturated carbocycles. The van der Waals surface area contributed by atoms with Crippen LogP contribution in [-0.4, -0.2) is 103 Å². The molecule has 2 aliphatic heterocycles. The summed E-state index contributed by atoms with van der Waals surface area (Å²) in [6.45, 7) is 0.362. The van der Waals surface area contributed by atoms with Crippen LogP contribution in [0.1, 0.15) is 79.0 Å². The fraction of sp³-hybridized carbons (Fsp3) is 0.595. The minimum absolute atomic E-state index is 0.183. The molecule has 49 heavy (non-hydrogen) atoms. The van der Waals surface area contributed by atoms with Gasteiger partial charge in [-0.3, -0.25) is 4.79 Å². The highest BCUT2D eigenvalue weighted by atomic mass is 32.2. The minimum Gasteiger partial charge on any atom is -0.748 e. The van der Waals surface area contributed by atoms with E-state index in [2.05, 4.69) is 48.9 Å². The first-order chi connectivity index (χ1) is 23.3. The van der Waals surface area contributed by atoms with Gasteiger partial charge in [0.25, 0.3) is 0 Å². The van der Waals surface area contributed by atoms with Crippen molar-refractivity contribution in [1.82, 2.24) is 4.90 Å². The maximum Gasteiger partial charge on any atom is 0.316 e. The van der Waals surface area contributed by atoms with Crippen molar-refractivity contribution < 1.29 is 37.2 Å². The highest BCUT2D eigenvalue weighted by Gasteiger charge is 2.52. The van der Waals surface area contributed by atoms with E-state index in [0.29, 0.717) is 37.0 Å². The van der Waals surface area contributed by atoms with Gasteiger partial charge in [-0.15, -0.1) is 22.7 Å². The molecule has 1 aliphatic carbocycles. The van der Waals surface area contributed by atoms with E-state index in [0.717, 1.165) is 58.3 Å². The number of carbonyl (C=O) groups is 1. The summed E-state index contributed by atoms with van der Waals surface area (Å²) < 4.78 is 39.2. The molecular formula is C37H52N2O7S3. The average molecular weight is 733 g/mol. The van der Waals surface area contributed by atoms with Gasteiger partial charge in [0, 0.05) is 53.7 Å². The number of hydrogen-bond acceptors (Lipinski definition) is 10. The second-order valence-corrected chi connectivity index (χ2v) is 17.9. The van der Waals surface area contributed by atoms with Crippen LogP contribution in [0.3, 0.4) is 0 Å². The first kappa shape index (κ1) is 38.1. The molecule has 0 radical (unpaired) electrons. The summed E-state index contributed by atoms with van der Waals surface area (Å²) in [5, 5.41) is 25.4. The van der Waals surface area contributed by atoms with E-state index >= 15 is 0 Å². The average Bonchev–Trinajstić information content (AvgIpc) is 3.84. The summed E-state index contributed by atoms with van der Waals surface area (Å²) in [6.07, 6.45) is 8.21. The van der Waals surface area contributed by atoms with Crippen LogP contribution in [0.5, 0.6) is 0 Å². The van der Waals surface area contributed by atoms with Gasteiger partial charge in [-0.25, -0.2) is 8.42 Å². The second-order valence-electron chi connectivity index (χ2n) is 14.4. The number of ether oxygens (including phenoxy) is 1. The molecular weight excluding hydrogens is 681 g/mol. The molecule has 270 valence electrons. The van der Waals surface area contributed by atoms with E-state index in [4.69, 9.17) is 4.74 Å². The lowest BCUT2D eigenvalue weighted by Gasteiger charge is -2.47. The number of carbonyl (C=O) groups excluding carboxylic acids is 1. The fourth-order valence-corrected chi connectivity index (χ4v) is 10.9. The molecule has 2 aromatic heterocycles. The van der Waals surface area contributed by atoms with Crippen molar-refractivity contribution in [3.05, 3.63) is 80.7 Å². The van der Waals surface area contributed by atoms with Gasteiger partial charge in [0.1, 0.15) is 17.6 Å². The Morgan fingerprint density at radius 3 is 2.00 bits per heavy atom. The standard InChI is InChI=1S/C20H29NO6S.C17H23NOS2/c1-21(10-5-11-28(24,25)26)16-8-9-17(21)13-18(12-16)27-20(23)19(14-22)15-6-3-2-4-7-15;1-18(2)14-9-7-13(8-10-14)17(19,15-5-3-11-20-15)16-6-4-12-21-16/h2-4,6-7,16-19,22H,5,8-14H2,1H3;3-6,11-14,19H,7-10H2,1-2H3/t16-,17+,18+,19?,21?;. The van der Waals surface area contributed by atoms with Gasteiger partial charge in [0.2, 0.25) is 0 Å². The Morgan fingerprint density at radius 1 is 0.959 bits per heavy atom. The van der Waals surface area contributed by atoms with E-state index in [-0.39, 0.29) is 18.5 Å². The Kier molecular flexibility index (Phi) is 12.8. The van der Waals surface area contributed by atoms with Crippen LogP contribution in [0.4, 0.5) is 0 Å². The first-order valence-electron chi connectivity index (χ1n) is 17.5. The summed E-state index contributed by atoms with van der Waals surface area (Å²) in [7, 11) is 2.26. The molecule has 0 spiro atoms. The maximum atomic E-state index is 12.6. The summed E-state index contributed by atoms with van der Waals surface area (Å²) >= 11 is 3.35. The van der Waals surface area contributed by atoms with E-state index in [9.17, 15) is 28.0 Å². The first-order valence-corrected chi connectivity index (χ1v) is 20.8. The summed E-state index contributed by atoms with van der Waals surface area (Å²) in [5.74, 6) is -1.07. The van der Waals surface area contributed by atoms with Gasteiger partial charge in [0.15, 0.2) is 0 Å². The largest absolute Gasteiger partial charge is 0.748 e. The number of esters is 1. The minimum atomic E-state index is -4.18. The van der Waals surface area contributed by atoms with E-state index < -0.39 is 27.6 Å². The lowest BCUT2D eigenvalue weighted by Crippen LogP contribution is -2.59. The Balaban J connectivity index is 0.000000199. The number of rotatable bonds is 12. The fourth-order valence-electron chi connectivity index (χ4n) is 8.51. The Morgan fingerprint density at radius 2 is 1.53 bits per heavy atom. The van der Waals surface area contributed by atoms with Gasteiger partial charge in [0.05, 0.1) is 42.4 Å². The molecule has 3 aliphatic rings. The molecule has 12 heteroatoms. The molecule has 3 fully saturated rings. The molecule has 4 heterocycles. The Labute approximate surface area is 299 Å². The number of quaternary nitrogens is 1. The highest BCUT2D eigenvalue weighted by molar-refractivity contribution is 7.85. The van der Waals surface area contributed by atoms with Crippen LogP contribution in [0.25, 0.3) is 0 Å². The topological polar surface area (TPSA) is 127 Å². The van der Waals surface area contributed by atoms with Gasteiger partial charge in [-0.05, 0) is 74.2 Å². The molecule has 1 aromatic carbocycles. The van der Waals surface area contributed by atoms with E-state index in [1.165, 1.54) is 12.8 Å². The second kappa shape index (κ2) is 16.5. The predicted octanol–water partition coefficient (Wildman–Crippen LogP) is 5.55. The molecule has 6 rings (SSSR count). The number of thiophene rings is 2. The quantitative estimate of drug-likeness (QED) is 0.141. The van der Waals surface area contributed by atoms with Crippen LogP contribution in [-0.2, 0) is 25.3 Å². The normalized spacial score (nSPS) is 27.7. The van der Waals surface area contributed by atoms with Crippen LogP contribution < -0.4 is 0 Å². The number of hydrogen-bond donors (Lipinski definition) is 2. The van der Waals surface area contributed by atoms with Crippen molar-refractivity contribution in [3.8, 4) is 0 Å². The molecule has 3 aromatic rings. The predicted molar refractivity (Wildman–Crippen MR) is 193 cm³/mol. The van der Waals surface area contributed by atoms with Gasteiger partial charge >= 0.3 is 5.97 Å². The zero-order valence-corrected chi connectivity index (χ0v) is 31.3. The maximum absolute atomic E-state index is 12.6. The Bertz CT molecular complexity index is 1510. The van der Waals surface area contributed by atoms with Crippen molar-refractivity contribution in [1.29, 1.82) is 0 Å². The van der Waals surface area contributed by atoms with Crippen molar-refractivity contribution in [2.75, 3.05) is 40.0 Å². The van der Waals surface area contributed by atoms with Crippen molar-refractivity contribution in [3.63, 3.8) is 0 Å². The molecule has 2 saturated heterocycles. The number of piperidine rings is 1. The zero-order chi connectivity index (χ0) is 35.2. The van der Waals surface area contributed by atoms with Crippen LogP contribution >= 0.6 is 22.7 Å². The van der Waals surface area contributed by atoms with Crippen LogP contribution in [0.15, 0.2) is 65.4 Å². The third-order valence-corrected chi connectivity index (χ3v) is 14.1. The summed E-state index contributed by atoms with van der Waals surface area (Å²) in [5.41, 5.74) is -0.0483. The summed E-state index contributed by atoms with van der Waals surface area (Å²) in [4.78, 5) is 17.1. The lowest BCUT2D eigenvalue weighted by atomic mass is 9.73. The smallest absolute Gasteiger partial charge is 0.316 e. The third-order valence-electron chi connectivity index (χ3n) is 11.4. The highest BCUT2D eigenvalue weighted by Crippen LogP contribution is 2.47. The SMILES string of the molecule is CN(C)C1CCC(C(O)(c2cccs2)c2cccs2)CC1.C[N+]1(CCCS(=O)(=O)[O-])[C@@H]2CC[C@H]1C[C@@H](OC(=O)C(CO)c1ccccc1)C2. The van der Waals surface area contributed by atoms with Crippen molar-refractivity contribution in [2.24, 2.45) is 5.92 Å². The zero-order valence-electron chi connectivity index (χ0n) is 28.9. The van der Waals surface area contributed by atoms with E-state index in [1.807, 2.05) is 42.5 Å². The number of benzene rings is 1. The Hall–Kier alpha value is -2.16. The molecule has 2 unspecified atom stereocenters. The van der Waals surface area contributed by atoms with Crippen LogP contribution in [0.2, 0.25) is 0 Å². The summed E-state index contributed by atoms with van der Waals surface area (Å²) in [6, 6.07) is 18.7. The van der Waals surface area contributed by atoms with Crippen LogP contribution in [0, 0.1) is 5.92 Å². The molecule has 9 nitrogen and oxygen atoms in total. The number of aliphatic hydroxyl groups excluding tert-OH is 1. The van der Waals surface area contributed by atoms with Crippen molar-refractivity contribution >= 4 is 38.8 Å². The lowest BCUT2D eigenvalue weighted by molar-refractivity contribution is -0.949.